The summed E-state index contributed by atoms with van der Waals surface area (Å²) in [4.78, 5) is 6.33. The maximum Gasteiger partial charge on any atom is 0.133 e. The van der Waals surface area contributed by atoms with Crippen LogP contribution in [-0.2, 0) is 6.54 Å². The van der Waals surface area contributed by atoms with Gasteiger partial charge in [0, 0.05) is 12.7 Å². The second-order valence-electron chi connectivity index (χ2n) is 4.15. The fraction of sp³-hybridized carbons (Fsp3) is 0.214. The summed E-state index contributed by atoms with van der Waals surface area (Å²) < 4.78 is 0. The number of aromatic nitrogens is 1. The summed E-state index contributed by atoms with van der Waals surface area (Å²) in [5.41, 5.74) is 3.38. The third kappa shape index (κ3) is 2.75. The first-order valence-corrected chi connectivity index (χ1v) is 5.57. The zero-order chi connectivity index (χ0) is 12.3. The molecule has 0 radical (unpaired) electrons. The molecule has 17 heavy (non-hydrogen) atoms. The van der Waals surface area contributed by atoms with Gasteiger partial charge in [0.25, 0.3) is 0 Å². The van der Waals surface area contributed by atoms with E-state index in [0.29, 0.717) is 0 Å². The number of hydrogen-bond donors (Lipinski definition) is 1. The summed E-state index contributed by atoms with van der Waals surface area (Å²) in [6, 6.07) is 11.7. The molecule has 3 heteroatoms. The quantitative estimate of drug-likeness (QED) is 0.877. The van der Waals surface area contributed by atoms with Crippen LogP contribution in [0, 0.1) is 6.92 Å². The van der Waals surface area contributed by atoms with Gasteiger partial charge in [0.05, 0.1) is 18.4 Å². The van der Waals surface area contributed by atoms with Crippen LogP contribution in [0.3, 0.4) is 0 Å². The molecule has 0 spiro atoms. The maximum absolute atomic E-state index is 9.18. The Morgan fingerprint density at radius 1 is 1.18 bits per heavy atom. The van der Waals surface area contributed by atoms with E-state index in [0.717, 1.165) is 12.2 Å². The van der Waals surface area contributed by atoms with Crippen LogP contribution in [0.25, 0.3) is 0 Å². The van der Waals surface area contributed by atoms with Gasteiger partial charge in [-0.15, -0.1) is 0 Å². The average molecular weight is 228 g/mol. The SMILES string of the molecule is Cc1ccccc1N(C)Cc1ccc(O)cn1. The second-order valence-corrected chi connectivity index (χ2v) is 4.15. The molecule has 0 fully saturated rings. The number of pyridine rings is 1. The van der Waals surface area contributed by atoms with Crippen molar-refractivity contribution in [2.45, 2.75) is 13.5 Å². The number of rotatable bonds is 3. The van der Waals surface area contributed by atoms with E-state index in [1.165, 1.54) is 17.4 Å². The van der Waals surface area contributed by atoms with Gasteiger partial charge in [-0.05, 0) is 30.7 Å². The van der Waals surface area contributed by atoms with Crippen LogP contribution in [-0.4, -0.2) is 17.1 Å². The molecular weight excluding hydrogens is 212 g/mol. The van der Waals surface area contributed by atoms with Crippen LogP contribution < -0.4 is 4.90 Å². The Bertz CT molecular complexity index is 494. The molecule has 3 nitrogen and oxygen atoms in total. The van der Waals surface area contributed by atoms with Crippen molar-refractivity contribution in [3.05, 3.63) is 53.9 Å². The monoisotopic (exact) mass is 228 g/mol. The molecule has 0 saturated heterocycles. The standard InChI is InChI=1S/C14H16N2O/c1-11-5-3-4-6-14(11)16(2)10-12-7-8-13(17)9-15-12/h3-9,17H,10H2,1-2H3. The van der Waals surface area contributed by atoms with Gasteiger partial charge in [-0.2, -0.15) is 0 Å². The molecule has 2 rings (SSSR count). The molecule has 1 aromatic carbocycles. The van der Waals surface area contributed by atoms with Crippen LogP contribution in [0.15, 0.2) is 42.6 Å². The van der Waals surface area contributed by atoms with Crippen molar-refractivity contribution in [2.24, 2.45) is 0 Å². The van der Waals surface area contributed by atoms with E-state index in [-0.39, 0.29) is 5.75 Å². The third-order valence-electron chi connectivity index (χ3n) is 2.73. The highest BCUT2D eigenvalue weighted by molar-refractivity contribution is 5.52. The summed E-state index contributed by atoms with van der Waals surface area (Å²) in [7, 11) is 2.04. The number of benzene rings is 1. The van der Waals surface area contributed by atoms with Gasteiger partial charge in [0.15, 0.2) is 0 Å². The van der Waals surface area contributed by atoms with Gasteiger partial charge in [-0.1, -0.05) is 18.2 Å². The number of aromatic hydroxyl groups is 1. The van der Waals surface area contributed by atoms with Gasteiger partial charge in [-0.25, -0.2) is 0 Å². The van der Waals surface area contributed by atoms with Crippen molar-refractivity contribution >= 4 is 5.69 Å². The highest BCUT2D eigenvalue weighted by atomic mass is 16.3. The molecule has 0 saturated carbocycles. The van der Waals surface area contributed by atoms with E-state index in [1.54, 1.807) is 6.07 Å². The minimum atomic E-state index is 0.201. The summed E-state index contributed by atoms with van der Waals surface area (Å²) in [5, 5.41) is 9.18. The molecule has 0 amide bonds. The lowest BCUT2D eigenvalue weighted by Crippen LogP contribution is -2.17. The van der Waals surface area contributed by atoms with Crippen molar-refractivity contribution < 1.29 is 5.11 Å². The van der Waals surface area contributed by atoms with Gasteiger partial charge in [-0.3, -0.25) is 4.98 Å². The van der Waals surface area contributed by atoms with Gasteiger partial charge >= 0.3 is 0 Å². The predicted octanol–water partition coefficient (Wildman–Crippen LogP) is 2.73. The van der Waals surface area contributed by atoms with Crippen molar-refractivity contribution in [1.29, 1.82) is 0 Å². The van der Waals surface area contributed by atoms with Crippen LogP contribution in [0.4, 0.5) is 5.69 Å². The summed E-state index contributed by atoms with van der Waals surface area (Å²) in [6.07, 6.45) is 1.47. The maximum atomic E-state index is 9.18. The molecule has 0 bridgehead atoms. The molecule has 1 aromatic heterocycles. The van der Waals surface area contributed by atoms with Crippen molar-refractivity contribution in [2.75, 3.05) is 11.9 Å². The van der Waals surface area contributed by atoms with Crippen LogP contribution in [0.5, 0.6) is 5.75 Å². The fourth-order valence-corrected chi connectivity index (χ4v) is 1.83. The number of para-hydroxylation sites is 1. The Hall–Kier alpha value is -2.03. The lowest BCUT2D eigenvalue weighted by molar-refractivity contribution is 0.472. The molecule has 0 aliphatic carbocycles. The minimum absolute atomic E-state index is 0.201. The van der Waals surface area contributed by atoms with Crippen LogP contribution in [0.1, 0.15) is 11.3 Å². The van der Waals surface area contributed by atoms with E-state index in [1.807, 2.05) is 25.2 Å². The molecule has 0 unspecified atom stereocenters. The summed E-state index contributed by atoms with van der Waals surface area (Å²) in [6.45, 7) is 2.82. The molecule has 0 aliphatic rings. The largest absolute Gasteiger partial charge is 0.506 e. The molecule has 1 heterocycles. The number of anilines is 1. The Labute approximate surface area is 101 Å². The molecule has 2 aromatic rings. The topological polar surface area (TPSA) is 36.4 Å². The fourth-order valence-electron chi connectivity index (χ4n) is 1.83. The van der Waals surface area contributed by atoms with E-state index in [2.05, 4.69) is 28.9 Å². The summed E-state index contributed by atoms with van der Waals surface area (Å²) >= 11 is 0. The Balaban J connectivity index is 2.14. The van der Waals surface area contributed by atoms with E-state index >= 15 is 0 Å². The van der Waals surface area contributed by atoms with Crippen molar-refractivity contribution in [1.82, 2.24) is 4.98 Å². The first-order valence-electron chi connectivity index (χ1n) is 5.57. The molecule has 0 atom stereocenters. The molecule has 88 valence electrons. The van der Waals surface area contributed by atoms with E-state index < -0.39 is 0 Å². The zero-order valence-corrected chi connectivity index (χ0v) is 10.1. The third-order valence-corrected chi connectivity index (χ3v) is 2.73. The molecule has 0 aliphatic heterocycles. The summed E-state index contributed by atoms with van der Waals surface area (Å²) in [5.74, 6) is 0.201. The van der Waals surface area contributed by atoms with Gasteiger partial charge in [0.1, 0.15) is 5.75 Å². The first kappa shape index (κ1) is 11.5. The van der Waals surface area contributed by atoms with Crippen LogP contribution in [0.2, 0.25) is 0 Å². The number of aryl methyl sites for hydroxylation is 1. The normalized spacial score (nSPS) is 10.2. The number of nitrogens with zero attached hydrogens (tertiary/aromatic N) is 2. The molecular formula is C14H16N2O. The van der Waals surface area contributed by atoms with E-state index in [9.17, 15) is 5.11 Å². The predicted molar refractivity (Wildman–Crippen MR) is 69.2 cm³/mol. The smallest absolute Gasteiger partial charge is 0.133 e. The Morgan fingerprint density at radius 3 is 2.59 bits per heavy atom. The first-order chi connectivity index (χ1) is 8.16. The number of hydrogen-bond acceptors (Lipinski definition) is 3. The lowest BCUT2D eigenvalue weighted by Gasteiger charge is -2.20. The molecule has 1 N–H and O–H groups in total. The Morgan fingerprint density at radius 2 is 1.94 bits per heavy atom. The second kappa shape index (κ2) is 4.87. The highest BCUT2D eigenvalue weighted by Crippen LogP contribution is 2.19. The van der Waals surface area contributed by atoms with E-state index in [4.69, 9.17) is 0 Å². The van der Waals surface area contributed by atoms with Crippen LogP contribution >= 0.6 is 0 Å². The minimum Gasteiger partial charge on any atom is -0.506 e. The lowest BCUT2D eigenvalue weighted by atomic mass is 10.2. The van der Waals surface area contributed by atoms with Gasteiger partial charge < -0.3 is 10.0 Å². The Kier molecular flexibility index (Phi) is 3.28. The van der Waals surface area contributed by atoms with Crippen molar-refractivity contribution in [3.63, 3.8) is 0 Å². The zero-order valence-electron chi connectivity index (χ0n) is 10.1. The average Bonchev–Trinajstić information content (AvgIpc) is 2.32. The van der Waals surface area contributed by atoms with Crippen molar-refractivity contribution in [3.8, 4) is 5.75 Å². The van der Waals surface area contributed by atoms with Gasteiger partial charge in [0.2, 0.25) is 0 Å². The highest BCUT2D eigenvalue weighted by Gasteiger charge is 2.05.